The van der Waals surface area contributed by atoms with Crippen molar-refractivity contribution < 1.29 is 9.90 Å². The maximum atomic E-state index is 12.4. The smallest absolute Gasteiger partial charge is 0.199 e. The fourth-order valence-corrected chi connectivity index (χ4v) is 2.63. The number of ketones is 1. The third-order valence-electron chi connectivity index (χ3n) is 3.38. The SMILES string of the molecule is CC(=Nc1ccc(Br)cc1)C1=C(O)c2ccccc2C1=O. The molecule has 4 heteroatoms. The molecule has 0 fully saturated rings. The number of allylic oxidation sites excluding steroid dienone is 1. The van der Waals surface area contributed by atoms with Crippen LogP contribution in [0.4, 0.5) is 5.69 Å². The zero-order chi connectivity index (χ0) is 15.0. The minimum Gasteiger partial charge on any atom is -0.506 e. The number of halogens is 1. The van der Waals surface area contributed by atoms with E-state index >= 15 is 0 Å². The number of Topliss-reactive ketones (excluding diaryl/α,β-unsaturated/α-hetero) is 1. The van der Waals surface area contributed by atoms with Crippen molar-refractivity contribution in [1.29, 1.82) is 0 Å². The second-order valence-corrected chi connectivity index (χ2v) is 5.69. The zero-order valence-electron chi connectivity index (χ0n) is 11.3. The number of hydrogen-bond acceptors (Lipinski definition) is 3. The minimum atomic E-state index is -0.179. The molecular formula is C17H12BrNO2. The molecule has 0 aromatic heterocycles. The topological polar surface area (TPSA) is 49.7 Å². The van der Waals surface area contributed by atoms with Crippen LogP contribution in [0.15, 0.2) is 63.6 Å². The second-order valence-electron chi connectivity index (χ2n) is 4.77. The van der Waals surface area contributed by atoms with E-state index in [2.05, 4.69) is 20.9 Å². The Morgan fingerprint density at radius 1 is 1.05 bits per heavy atom. The van der Waals surface area contributed by atoms with E-state index in [-0.39, 0.29) is 17.1 Å². The van der Waals surface area contributed by atoms with E-state index in [9.17, 15) is 9.90 Å². The van der Waals surface area contributed by atoms with Gasteiger partial charge in [-0.3, -0.25) is 9.79 Å². The van der Waals surface area contributed by atoms with Crippen molar-refractivity contribution in [3.63, 3.8) is 0 Å². The largest absolute Gasteiger partial charge is 0.506 e. The van der Waals surface area contributed by atoms with Gasteiger partial charge in [0, 0.05) is 15.6 Å². The summed E-state index contributed by atoms with van der Waals surface area (Å²) in [4.78, 5) is 16.8. The van der Waals surface area contributed by atoms with Gasteiger partial charge in [0.1, 0.15) is 5.76 Å². The number of nitrogens with zero attached hydrogens (tertiary/aromatic N) is 1. The van der Waals surface area contributed by atoms with E-state index < -0.39 is 0 Å². The number of fused-ring (bicyclic) bond motifs is 1. The molecule has 1 N–H and O–H groups in total. The van der Waals surface area contributed by atoms with Crippen LogP contribution in [0, 0.1) is 0 Å². The summed E-state index contributed by atoms with van der Waals surface area (Å²) in [5, 5.41) is 10.3. The van der Waals surface area contributed by atoms with E-state index in [0.29, 0.717) is 16.8 Å². The summed E-state index contributed by atoms with van der Waals surface area (Å²) in [6.07, 6.45) is 0. The van der Waals surface area contributed by atoms with Gasteiger partial charge < -0.3 is 5.11 Å². The molecule has 0 spiro atoms. The summed E-state index contributed by atoms with van der Waals surface area (Å²) >= 11 is 3.36. The van der Waals surface area contributed by atoms with Crippen molar-refractivity contribution in [1.82, 2.24) is 0 Å². The van der Waals surface area contributed by atoms with Crippen LogP contribution in [-0.2, 0) is 0 Å². The predicted molar refractivity (Wildman–Crippen MR) is 87.2 cm³/mol. The van der Waals surface area contributed by atoms with Crippen molar-refractivity contribution in [3.05, 3.63) is 69.7 Å². The molecule has 0 saturated carbocycles. The zero-order valence-corrected chi connectivity index (χ0v) is 12.9. The Kier molecular flexibility index (Phi) is 3.47. The van der Waals surface area contributed by atoms with Gasteiger partial charge in [-0.15, -0.1) is 0 Å². The molecule has 0 amide bonds. The van der Waals surface area contributed by atoms with Crippen LogP contribution in [0.1, 0.15) is 22.8 Å². The lowest BCUT2D eigenvalue weighted by Crippen LogP contribution is -2.07. The van der Waals surface area contributed by atoms with Crippen molar-refractivity contribution in [2.75, 3.05) is 0 Å². The fraction of sp³-hybridized carbons (Fsp3) is 0.0588. The summed E-state index contributed by atoms with van der Waals surface area (Å²) in [6.45, 7) is 1.73. The first-order chi connectivity index (χ1) is 10.1. The first-order valence-electron chi connectivity index (χ1n) is 6.46. The lowest BCUT2D eigenvalue weighted by molar-refractivity contribution is 0.104. The molecule has 2 aromatic rings. The van der Waals surface area contributed by atoms with Crippen molar-refractivity contribution in [2.24, 2.45) is 4.99 Å². The Labute approximate surface area is 130 Å². The number of hydrogen-bond donors (Lipinski definition) is 1. The number of carbonyl (C=O) groups excluding carboxylic acids is 1. The Hall–Kier alpha value is -2.20. The lowest BCUT2D eigenvalue weighted by Gasteiger charge is -2.02. The summed E-state index contributed by atoms with van der Waals surface area (Å²) in [6, 6.07) is 14.5. The van der Waals surface area contributed by atoms with Gasteiger partial charge in [-0.1, -0.05) is 40.2 Å². The molecule has 0 radical (unpaired) electrons. The normalized spacial score (nSPS) is 14.6. The van der Waals surface area contributed by atoms with Crippen LogP contribution in [0.25, 0.3) is 5.76 Å². The fourth-order valence-electron chi connectivity index (χ4n) is 2.37. The Morgan fingerprint density at radius 3 is 2.29 bits per heavy atom. The van der Waals surface area contributed by atoms with Gasteiger partial charge >= 0.3 is 0 Å². The molecular weight excluding hydrogens is 330 g/mol. The Balaban J connectivity index is 2.03. The number of rotatable bonds is 2. The van der Waals surface area contributed by atoms with E-state index in [1.807, 2.05) is 24.3 Å². The van der Waals surface area contributed by atoms with Crippen molar-refractivity contribution >= 4 is 38.9 Å². The molecule has 1 aliphatic carbocycles. The minimum absolute atomic E-state index is 0.00830. The molecule has 104 valence electrons. The number of aliphatic hydroxyl groups excluding tert-OH is 1. The van der Waals surface area contributed by atoms with Gasteiger partial charge in [0.15, 0.2) is 5.78 Å². The third kappa shape index (κ3) is 2.43. The third-order valence-corrected chi connectivity index (χ3v) is 3.90. The first kappa shape index (κ1) is 13.8. The van der Waals surface area contributed by atoms with E-state index in [1.165, 1.54) is 0 Å². The second kappa shape index (κ2) is 5.30. The molecule has 0 aliphatic heterocycles. The van der Waals surface area contributed by atoms with Gasteiger partial charge in [0.2, 0.25) is 0 Å². The van der Waals surface area contributed by atoms with Gasteiger partial charge in [-0.25, -0.2) is 0 Å². The van der Waals surface area contributed by atoms with Crippen LogP contribution in [0.2, 0.25) is 0 Å². The molecule has 21 heavy (non-hydrogen) atoms. The average molecular weight is 342 g/mol. The van der Waals surface area contributed by atoms with Gasteiger partial charge in [-0.2, -0.15) is 0 Å². The molecule has 1 aliphatic rings. The first-order valence-corrected chi connectivity index (χ1v) is 7.26. The molecule has 0 unspecified atom stereocenters. The van der Waals surface area contributed by atoms with Gasteiger partial charge in [0.25, 0.3) is 0 Å². The van der Waals surface area contributed by atoms with Crippen LogP contribution >= 0.6 is 15.9 Å². The molecule has 0 heterocycles. The lowest BCUT2D eigenvalue weighted by atomic mass is 10.1. The highest BCUT2D eigenvalue weighted by atomic mass is 79.9. The number of benzene rings is 2. The number of aliphatic imine (C=N–C) groups is 1. The summed E-state index contributed by atoms with van der Waals surface area (Å²) in [5.41, 5.74) is 2.62. The molecule has 2 aromatic carbocycles. The van der Waals surface area contributed by atoms with Gasteiger partial charge in [0.05, 0.1) is 17.0 Å². The summed E-state index contributed by atoms with van der Waals surface area (Å²) in [5.74, 6) is -0.171. The van der Waals surface area contributed by atoms with Crippen LogP contribution in [0.5, 0.6) is 0 Å². The number of aliphatic hydroxyl groups is 1. The summed E-state index contributed by atoms with van der Waals surface area (Å²) in [7, 11) is 0. The molecule has 3 rings (SSSR count). The van der Waals surface area contributed by atoms with E-state index in [4.69, 9.17) is 0 Å². The van der Waals surface area contributed by atoms with Crippen molar-refractivity contribution in [2.45, 2.75) is 6.92 Å². The molecule has 0 saturated heterocycles. The van der Waals surface area contributed by atoms with Crippen LogP contribution in [0.3, 0.4) is 0 Å². The summed E-state index contributed by atoms with van der Waals surface area (Å²) < 4.78 is 0.963. The monoisotopic (exact) mass is 341 g/mol. The Bertz CT molecular complexity index is 789. The molecule has 3 nitrogen and oxygen atoms in total. The predicted octanol–water partition coefficient (Wildman–Crippen LogP) is 4.71. The highest BCUT2D eigenvalue weighted by molar-refractivity contribution is 9.10. The maximum Gasteiger partial charge on any atom is 0.199 e. The average Bonchev–Trinajstić information content (AvgIpc) is 2.74. The van der Waals surface area contributed by atoms with Crippen molar-refractivity contribution in [3.8, 4) is 0 Å². The quantitative estimate of drug-likeness (QED) is 0.804. The van der Waals surface area contributed by atoms with E-state index in [0.717, 1.165) is 10.2 Å². The highest BCUT2D eigenvalue weighted by Gasteiger charge is 2.30. The number of carbonyl (C=O) groups is 1. The Morgan fingerprint density at radius 2 is 1.67 bits per heavy atom. The highest BCUT2D eigenvalue weighted by Crippen LogP contribution is 2.32. The molecule has 0 bridgehead atoms. The maximum absolute atomic E-state index is 12.4. The standard InChI is InChI=1S/C17H12BrNO2/c1-10(19-12-8-6-11(18)7-9-12)15-16(20)13-4-2-3-5-14(13)17(15)21/h2-9,20H,1H3. The van der Waals surface area contributed by atoms with Crippen LogP contribution in [-0.4, -0.2) is 16.6 Å². The van der Waals surface area contributed by atoms with Gasteiger partial charge in [-0.05, 0) is 31.2 Å². The molecule has 0 atom stereocenters. The van der Waals surface area contributed by atoms with Crippen LogP contribution < -0.4 is 0 Å². The van der Waals surface area contributed by atoms with E-state index in [1.54, 1.807) is 31.2 Å².